The second-order valence-electron chi connectivity index (χ2n) is 6.92. The third-order valence-electron chi connectivity index (χ3n) is 5.23. The van der Waals surface area contributed by atoms with E-state index >= 15 is 0 Å². The maximum Gasteiger partial charge on any atom is 0.173 e. The first-order valence-corrected chi connectivity index (χ1v) is 9.71. The van der Waals surface area contributed by atoms with Crippen LogP contribution in [0.1, 0.15) is 17.4 Å². The molecule has 0 bridgehead atoms. The van der Waals surface area contributed by atoms with Gasteiger partial charge in [0.05, 0.1) is 19.2 Å². The van der Waals surface area contributed by atoms with Crippen molar-refractivity contribution in [2.45, 2.75) is 12.6 Å². The van der Waals surface area contributed by atoms with E-state index in [-0.39, 0.29) is 6.04 Å². The summed E-state index contributed by atoms with van der Waals surface area (Å²) in [5.41, 5.74) is 2.49. The van der Waals surface area contributed by atoms with Crippen LogP contribution >= 0.6 is 0 Å². The third-order valence-corrected chi connectivity index (χ3v) is 5.23. The van der Waals surface area contributed by atoms with Crippen LogP contribution in [0.15, 0.2) is 60.7 Å². The minimum absolute atomic E-state index is 0.0333. The van der Waals surface area contributed by atoms with Crippen molar-refractivity contribution in [1.29, 1.82) is 0 Å². The number of methoxy groups -OCH3 is 1. The van der Waals surface area contributed by atoms with Crippen molar-refractivity contribution in [3.05, 3.63) is 72.1 Å². The van der Waals surface area contributed by atoms with Gasteiger partial charge in [-0.2, -0.15) is 0 Å². The average Bonchev–Trinajstić information content (AvgIpc) is 3.22. The predicted molar refractivity (Wildman–Crippen MR) is 108 cm³/mol. The number of rotatable bonds is 7. The molecule has 0 aliphatic carbocycles. The molecule has 4 rings (SSSR count). The minimum atomic E-state index is 0.0333. The molecule has 0 unspecified atom stereocenters. The van der Waals surface area contributed by atoms with Crippen LogP contribution in [0.2, 0.25) is 0 Å². The van der Waals surface area contributed by atoms with E-state index in [9.17, 15) is 0 Å². The molecule has 1 saturated heterocycles. The van der Waals surface area contributed by atoms with Gasteiger partial charge in [-0.3, -0.25) is 4.90 Å². The molecule has 0 spiro atoms. The SMILES string of the molecule is COCCn1nnnc1[C@H](c1ccccc1)N1CCN(c2ccccc2)CC1. The lowest BCUT2D eigenvalue weighted by molar-refractivity contribution is 0.172. The summed E-state index contributed by atoms with van der Waals surface area (Å²) in [6, 6.07) is 21.1. The zero-order chi connectivity index (χ0) is 19.2. The summed E-state index contributed by atoms with van der Waals surface area (Å²) in [6.45, 7) is 5.09. The van der Waals surface area contributed by atoms with Crippen LogP contribution in [0.3, 0.4) is 0 Å². The number of hydrogen-bond acceptors (Lipinski definition) is 6. The summed E-state index contributed by atoms with van der Waals surface area (Å²) in [5, 5.41) is 12.5. The van der Waals surface area contributed by atoms with Gasteiger partial charge in [0.15, 0.2) is 5.82 Å². The topological polar surface area (TPSA) is 59.3 Å². The molecular formula is C21H26N6O. The molecule has 0 saturated carbocycles. The Labute approximate surface area is 165 Å². The summed E-state index contributed by atoms with van der Waals surface area (Å²) < 4.78 is 7.09. The summed E-state index contributed by atoms with van der Waals surface area (Å²) in [5.74, 6) is 0.872. The molecule has 1 atom stereocenters. The molecular weight excluding hydrogens is 352 g/mol. The molecule has 0 radical (unpaired) electrons. The number of nitrogens with zero attached hydrogens (tertiary/aromatic N) is 6. The Bertz CT molecular complexity index is 846. The zero-order valence-electron chi connectivity index (χ0n) is 16.2. The lowest BCUT2D eigenvalue weighted by Crippen LogP contribution is -2.48. The van der Waals surface area contributed by atoms with Gasteiger partial charge >= 0.3 is 0 Å². The zero-order valence-corrected chi connectivity index (χ0v) is 16.2. The molecule has 3 aromatic rings. The first-order valence-electron chi connectivity index (χ1n) is 9.71. The molecule has 7 nitrogen and oxygen atoms in total. The number of ether oxygens (including phenoxy) is 1. The van der Waals surface area contributed by atoms with Crippen LogP contribution in [-0.2, 0) is 11.3 Å². The highest BCUT2D eigenvalue weighted by molar-refractivity contribution is 5.46. The van der Waals surface area contributed by atoms with E-state index in [0.717, 1.165) is 32.0 Å². The van der Waals surface area contributed by atoms with Gasteiger partial charge in [0, 0.05) is 39.0 Å². The van der Waals surface area contributed by atoms with E-state index < -0.39 is 0 Å². The van der Waals surface area contributed by atoms with Gasteiger partial charge in [-0.25, -0.2) is 4.68 Å². The highest BCUT2D eigenvalue weighted by atomic mass is 16.5. The van der Waals surface area contributed by atoms with Crippen molar-refractivity contribution in [2.24, 2.45) is 0 Å². The predicted octanol–water partition coefficient (Wildman–Crippen LogP) is 2.23. The Morgan fingerprint density at radius 1 is 0.929 bits per heavy atom. The molecule has 7 heteroatoms. The smallest absolute Gasteiger partial charge is 0.173 e. The van der Waals surface area contributed by atoms with Gasteiger partial charge < -0.3 is 9.64 Å². The Morgan fingerprint density at radius 3 is 2.29 bits per heavy atom. The Hall–Kier alpha value is -2.77. The summed E-state index contributed by atoms with van der Waals surface area (Å²) >= 11 is 0. The minimum Gasteiger partial charge on any atom is -0.383 e. The fourth-order valence-electron chi connectivity index (χ4n) is 3.78. The van der Waals surface area contributed by atoms with E-state index in [1.165, 1.54) is 11.3 Å². The molecule has 2 aromatic carbocycles. The van der Waals surface area contributed by atoms with Crippen LogP contribution < -0.4 is 4.90 Å². The second-order valence-corrected chi connectivity index (χ2v) is 6.92. The Kier molecular flexibility index (Phi) is 5.94. The van der Waals surface area contributed by atoms with Crippen molar-refractivity contribution >= 4 is 5.69 Å². The summed E-state index contributed by atoms with van der Waals surface area (Å²) in [4.78, 5) is 4.91. The van der Waals surface area contributed by atoms with E-state index in [4.69, 9.17) is 4.74 Å². The molecule has 146 valence electrons. The molecule has 2 heterocycles. The molecule has 0 amide bonds. The number of aromatic nitrogens is 4. The van der Waals surface area contributed by atoms with E-state index in [1.807, 2.05) is 10.7 Å². The van der Waals surface area contributed by atoms with Crippen molar-refractivity contribution in [2.75, 3.05) is 44.8 Å². The van der Waals surface area contributed by atoms with Crippen LogP contribution in [-0.4, -0.2) is 65.0 Å². The van der Waals surface area contributed by atoms with Crippen LogP contribution in [0.4, 0.5) is 5.69 Å². The monoisotopic (exact) mass is 378 g/mol. The Morgan fingerprint density at radius 2 is 1.61 bits per heavy atom. The molecule has 1 aliphatic rings. The first kappa shape index (κ1) is 18.6. The number of piperazine rings is 1. The van der Waals surface area contributed by atoms with Gasteiger partial charge in [0.1, 0.15) is 0 Å². The van der Waals surface area contributed by atoms with Gasteiger partial charge in [-0.15, -0.1) is 5.10 Å². The van der Waals surface area contributed by atoms with E-state index in [1.54, 1.807) is 7.11 Å². The molecule has 1 aromatic heterocycles. The molecule has 1 aliphatic heterocycles. The van der Waals surface area contributed by atoms with Crippen LogP contribution in [0, 0.1) is 0 Å². The number of hydrogen-bond donors (Lipinski definition) is 0. The van der Waals surface area contributed by atoms with E-state index in [0.29, 0.717) is 13.2 Å². The van der Waals surface area contributed by atoms with Gasteiger partial charge in [0.25, 0.3) is 0 Å². The summed E-state index contributed by atoms with van der Waals surface area (Å²) in [7, 11) is 1.70. The molecule has 0 N–H and O–H groups in total. The van der Waals surface area contributed by atoms with Crippen molar-refractivity contribution < 1.29 is 4.74 Å². The number of benzene rings is 2. The van der Waals surface area contributed by atoms with Gasteiger partial charge in [0.2, 0.25) is 0 Å². The first-order chi connectivity index (χ1) is 13.9. The fourth-order valence-corrected chi connectivity index (χ4v) is 3.78. The second kappa shape index (κ2) is 8.95. The van der Waals surface area contributed by atoms with Gasteiger partial charge in [-0.05, 0) is 28.1 Å². The maximum atomic E-state index is 5.23. The highest BCUT2D eigenvalue weighted by Gasteiger charge is 2.30. The fraction of sp³-hybridized carbons (Fsp3) is 0.381. The van der Waals surface area contributed by atoms with Gasteiger partial charge in [-0.1, -0.05) is 48.5 Å². The highest BCUT2D eigenvalue weighted by Crippen LogP contribution is 2.28. The van der Waals surface area contributed by atoms with Crippen molar-refractivity contribution in [3.8, 4) is 0 Å². The summed E-state index contributed by atoms with van der Waals surface area (Å²) in [6.07, 6.45) is 0. The quantitative estimate of drug-likeness (QED) is 0.628. The van der Waals surface area contributed by atoms with Crippen molar-refractivity contribution in [1.82, 2.24) is 25.1 Å². The standard InChI is InChI=1S/C21H26N6O/c1-28-17-16-27-21(22-23-24-27)20(18-8-4-2-5-9-18)26-14-12-25(13-15-26)19-10-6-3-7-11-19/h2-11,20H,12-17H2,1H3/t20-/m0/s1. The number of para-hydroxylation sites is 1. The molecule has 1 fully saturated rings. The normalized spacial score (nSPS) is 16.2. The number of anilines is 1. The van der Waals surface area contributed by atoms with Crippen LogP contribution in [0.5, 0.6) is 0 Å². The van der Waals surface area contributed by atoms with E-state index in [2.05, 4.69) is 79.9 Å². The van der Waals surface area contributed by atoms with Crippen LogP contribution in [0.25, 0.3) is 0 Å². The number of tetrazole rings is 1. The van der Waals surface area contributed by atoms with Crippen molar-refractivity contribution in [3.63, 3.8) is 0 Å². The lowest BCUT2D eigenvalue weighted by atomic mass is 10.0. The maximum absolute atomic E-state index is 5.23. The Balaban J connectivity index is 1.57. The third kappa shape index (κ3) is 4.05. The largest absolute Gasteiger partial charge is 0.383 e. The average molecular weight is 378 g/mol. The molecule has 28 heavy (non-hydrogen) atoms. The lowest BCUT2D eigenvalue weighted by Gasteiger charge is -2.39.